The van der Waals surface area contributed by atoms with Crippen LogP contribution in [0.2, 0.25) is 0 Å². The Bertz CT molecular complexity index is 962. The number of ether oxygens (including phenoxy) is 1. The molecule has 10 heteroatoms. The molecule has 0 bridgehead atoms. The quantitative estimate of drug-likeness (QED) is 0.698. The normalized spacial score (nSPS) is 15.5. The first-order chi connectivity index (χ1) is 13.3. The van der Waals surface area contributed by atoms with Gasteiger partial charge in [-0.05, 0) is 25.0 Å². The van der Waals surface area contributed by atoms with Gasteiger partial charge in [0, 0.05) is 49.2 Å². The second kappa shape index (κ2) is 9.71. The highest BCUT2D eigenvalue weighted by atomic mass is 35.5. The summed E-state index contributed by atoms with van der Waals surface area (Å²) in [6.45, 7) is 2.33. The van der Waals surface area contributed by atoms with E-state index < -0.39 is 15.9 Å². The zero-order valence-corrected chi connectivity index (χ0v) is 18.2. The third-order valence-electron chi connectivity index (χ3n) is 5.13. The highest BCUT2D eigenvalue weighted by Gasteiger charge is 2.22. The Kier molecular flexibility index (Phi) is 7.81. The fraction of sp³-hybridized carbons (Fsp3) is 0.474. The third-order valence-corrected chi connectivity index (χ3v) is 6.45. The van der Waals surface area contributed by atoms with Gasteiger partial charge in [0.2, 0.25) is 15.9 Å². The van der Waals surface area contributed by atoms with Crippen molar-refractivity contribution in [1.29, 1.82) is 0 Å². The monoisotopic (exact) mass is 442 g/mol. The lowest BCUT2D eigenvalue weighted by molar-refractivity contribution is 0.0338. The van der Waals surface area contributed by atoms with E-state index in [1.54, 1.807) is 19.3 Å². The van der Waals surface area contributed by atoms with Gasteiger partial charge >= 0.3 is 0 Å². The van der Waals surface area contributed by atoms with Crippen molar-refractivity contribution in [3.63, 3.8) is 0 Å². The smallest absolute Gasteiger partial charge is 0.248 e. The number of benzene rings is 1. The van der Waals surface area contributed by atoms with E-state index in [9.17, 15) is 13.2 Å². The maximum absolute atomic E-state index is 11.5. The molecule has 29 heavy (non-hydrogen) atoms. The summed E-state index contributed by atoms with van der Waals surface area (Å²) in [4.78, 5) is 18.1. The van der Waals surface area contributed by atoms with E-state index in [2.05, 4.69) is 9.88 Å². The van der Waals surface area contributed by atoms with Gasteiger partial charge in [-0.2, -0.15) is 0 Å². The lowest BCUT2D eigenvalue weighted by Gasteiger charge is -2.34. The second-order valence-corrected chi connectivity index (χ2v) is 9.19. The van der Waals surface area contributed by atoms with Gasteiger partial charge in [-0.15, -0.1) is 12.4 Å². The minimum absolute atomic E-state index is 0. The minimum atomic E-state index is -3.18. The Morgan fingerprint density at radius 1 is 1.31 bits per heavy atom. The van der Waals surface area contributed by atoms with Crippen LogP contribution in [-0.2, 0) is 14.8 Å². The summed E-state index contributed by atoms with van der Waals surface area (Å²) >= 11 is 0. The van der Waals surface area contributed by atoms with Gasteiger partial charge < -0.3 is 15.4 Å². The van der Waals surface area contributed by atoms with Crippen LogP contribution in [0.1, 0.15) is 23.2 Å². The minimum Gasteiger partial charge on any atom is -0.377 e. The molecule has 160 valence electrons. The van der Waals surface area contributed by atoms with Crippen LogP contribution in [-0.4, -0.2) is 69.3 Å². The topological polar surface area (TPSA) is 106 Å². The summed E-state index contributed by atoms with van der Waals surface area (Å²) in [6, 6.07) is 5.39. The van der Waals surface area contributed by atoms with Gasteiger partial charge in [-0.3, -0.25) is 9.78 Å². The Balaban J connectivity index is 0.00000300. The van der Waals surface area contributed by atoms with E-state index in [1.807, 2.05) is 18.3 Å². The summed E-state index contributed by atoms with van der Waals surface area (Å²) in [5.74, 6) is -0.448. The molecule has 1 amide bonds. The predicted octanol–water partition coefficient (Wildman–Crippen LogP) is 1.63. The predicted molar refractivity (Wildman–Crippen MR) is 116 cm³/mol. The Labute approximate surface area is 177 Å². The number of carbonyl (C=O) groups is 1. The molecular formula is C19H27ClN4O4S. The van der Waals surface area contributed by atoms with Crippen molar-refractivity contribution in [2.24, 2.45) is 5.73 Å². The second-order valence-electron chi connectivity index (χ2n) is 7.10. The highest BCUT2D eigenvalue weighted by molar-refractivity contribution is 7.88. The molecule has 0 spiro atoms. The van der Waals surface area contributed by atoms with Crippen molar-refractivity contribution in [3.05, 3.63) is 36.2 Å². The number of likely N-dealkylation sites (N-methyl/N-ethyl adjacent to an activating group) is 1. The molecule has 0 atom stereocenters. The summed E-state index contributed by atoms with van der Waals surface area (Å²) in [7, 11) is -1.63. The number of sulfonamides is 1. The third kappa shape index (κ3) is 5.79. The van der Waals surface area contributed by atoms with E-state index in [-0.39, 0.29) is 18.5 Å². The van der Waals surface area contributed by atoms with Crippen LogP contribution in [0.25, 0.3) is 10.8 Å². The Morgan fingerprint density at radius 2 is 2.00 bits per heavy atom. The molecule has 1 aromatic carbocycles. The number of rotatable bonds is 7. The number of pyridine rings is 1. The number of hydrogen-bond acceptors (Lipinski definition) is 6. The molecular weight excluding hydrogens is 416 g/mol. The summed E-state index contributed by atoms with van der Waals surface area (Å²) in [5, 5.41) is 1.92. The number of fused-ring (bicyclic) bond motifs is 1. The highest BCUT2D eigenvalue weighted by Crippen LogP contribution is 2.29. The number of amides is 1. The van der Waals surface area contributed by atoms with Crippen molar-refractivity contribution >= 4 is 44.8 Å². The van der Waals surface area contributed by atoms with Crippen molar-refractivity contribution in [2.75, 3.05) is 44.4 Å². The summed E-state index contributed by atoms with van der Waals surface area (Å²) in [6.07, 6.45) is 6.57. The first kappa shape index (κ1) is 23.3. The zero-order chi connectivity index (χ0) is 20.3. The van der Waals surface area contributed by atoms with Crippen LogP contribution in [0.15, 0.2) is 30.6 Å². The van der Waals surface area contributed by atoms with Gasteiger partial charge in [0.25, 0.3) is 0 Å². The molecule has 0 aliphatic carbocycles. The first-order valence-electron chi connectivity index (χ1n) is 9.21. The zero-order valence-electron chi connectivity index (χ0n) is 16.6. The van der Waals surface area contributed by atoms with Gasteiger partial charge in [0.05, 0.1) is 30.9 Å². The number of halogens is 1. The number of piperidine rings is 1. The fourth-order valence-corrected chi connectivity index (χ4v) is 3.74. The lowest BCUT2D eigenvalue weighted by atomic mass is 10.0. The number of nitrogens with two attached hydrogens (primary N) is 1. The fourth-order valence-electron chi connectivity index (χ4n) is 3.33. The van der Waals surface area contributed by atoms with Crippen molar-refractivity contribution in [1.82, 2.24) is 9.29 Å². The lowest BCUT2D eigenvalue weighted by Crippen LogP contribution is -2.38. The van der Waals surface area contributed by atoms with Crippen LogP contribution >= 0.6 is 12.4 Å². The molecule has 1 aliphatic rings. The van der Waals surface area contributed by atoms with Crippen LogP contribution in [0.3, 0.4) is 0 Å². The number of anilines is 1. The summed E-state index contributed by atoms with van der Waals surface area (Å²) in [5.41, 5.74) is 6.88. The summed E-state index contributed by atoms with van der Waals surface area (Å²) < 4.78 is 30.0. The van der Waals surface area contributed by atoms with E-state index in [1.165, 1.54) is 10.6 Å². The maximum Gasteiger partial charge on any atom is 0.248 e. The average Bonchev–Trinajstić information content (AvgIpc) is 2.67. The van der Waals surface area contributed by atoms with Crippen LogP contribution < -0.4 is 10.6 Å². The van der Waals surface area contributed by atoms with Crippen LogP contribution in [0, 0.1) is 0 Å². The van der Waals surface area contributed by atoms with Crippen molar-refractivity contribution < 1.29 is 17.9 Å². The van der Waals surface area contributed by atoms with E-state index >= 15 is 0 Å². The van der Waals surface area contributed by atoms with E-state index in [0.717, 1.165) is 42.4 Å². The molecule has 1 aromatic heterocycles. The molecule has 0 unspecified atom stereocenters. The van der Waals surface area contributed by atoms with Gasteiger partial charge in [-0.1, -0.05) is 6.07 Å². The molecule has 1 saturated heterocycles. The molecule has 2 heterocycles. The molecule has 3 rings (SSSR count). The van der Waals surface area contributed by atoms with Crippen molar-refractivity contribution in [3.8, 4) is 0 Å². The largest absolute Gasteiger partial charge is 0.377 e. The molecule has 1 fully saturated rings. The number of primary amides is 1. The number of nitrogens with zero attached hydrogens (tertiary/aromatic N) is 3. The Morgan fingerprint density at radius 3 is 2.62 bits per heavy atom. The van der Waals surface area contributed by atoms with Crippen molar-refractivity contribution in [2.45, 2.75) is 18.9 Å². The molecule has 0 saturated carbocycles. The average molecular weight is 443 g/mol. The van der Waals surface area contributed by atoms with Crippen LogP contribution in [0.4, 0.5) is 5.69 Å². The molecule has 8 nitrogen and oxygen atoms in total. The number of hydrogen-bond donors (Lipinski definition) is 1. The molecule has 2 N–H and O–H groups in total. The Hall–Kier alpha value is -1.94. The first-order valence-corrected chi connectivity index (χ1v) is 11.1. The molecule has 2 aromatic rings. The standard InChI is InChI=1S/C19H26N4O4S.ClH/c1-22(28(2,25)26)9-10-27-16-5-7-23(8-6-16)18-13-21-12-15-4-3-14(19(20)24)11-17(15)18;/h3-4,11-13,16H,5-10H2,1-2H3,(H2,20,24);1H. The van der Waals surface area contributed by atoms with Gasteiger partial charge in [-0.25, -0.2) is 12.7 Å². The molecule has 1 aliphatic heterocycles. The van der Waals surface area contributed by atoms with E-state index in [0.29, 0.717) is 18.7 Å². The molecule has 0 radical (unpaired) electrons. The number of aromatic nitrogens is 1. The number of carbonyl (C=O) groups excluding carboxylic acids is 1. The maximum atomic E-state index is 11.5. The van der Waals surface area contributed by atoms with Gasteiger partial charge in [0.1, 0.15) is 0 Å². The van der Waals surface area contributed by atoms with E-state index in [4.69, 9.17) is 10.5 Å². The van der Waals surface area contributed by atoms with Crippen LogP contribution in [0.5, 0.6) is 0 Å². The van der Waals surface area contributed by atoms with Gasteiger partial charge in [0.15, 0.2) is 0 Å². The SMILES string of the molecule is CN(CCOC1CCN(c2cncc3ccc(C(N)=O)cc23)CC1)S(C)(=O)=O.Cl.